The Morgan fingerprint density at radius 2 is 1.17 bits per heavy atom. The van der Waals surface area contributed by atoms with Crippen LogP contribution in [0.15, 0.2) is 0 Å². The number of likely N-dealkylation sites (N-methyl/N-ethyl adjacent to an activating group) is 1. The van der Waals surface area contributed by atoms with Crippen LogP contribution < -0.4 is 24.0 Å². The SMILES string of the molecule is CCCCCCC[N+](C)(CCO)CCCCC.[I-]. The summed E-state index contributed by atoms with van der Waals surface area (Å²) in [6.45, 7) is 8.25. The smallest absolute Gasteiger partial charge is 0.102 e. The van der Waals surface area contributed by atoms with Gasteiger partial charge in [0.05, 0.1) is 26.7 Å². The predicted molar refractivity (Wildman–Crippen MR) is 76.2 cm³/mol. The lowest BCUT2D eigenvalue weighted by Crippen LogP contribution is -3.00. The first-order valence-electron chi connectivity index (χ1n) is 7.63. The molecule has 112 valence electrons. The van der Waals surface area contributed by atoms with E-state index in [9.17, 15) is 5.11 Å². The van der Waals surface area contributed by atoms with E-state index in [1.807, 2.05) is 0 Å². The van der Waals surface area contributed by atoms with Gasteiger partial charge < -0.3 is 33.6 Å². The van der Waals surface area contributed by atoms with Gasteiger partial charge in [-0.25, -0.2) is 0 Å². The second kappa shape index (κ2) is 14.1. The molecule has 0 heterocycles. The number of rotatable bonds is 12. The van der Waals surface area contributed by atoms with Gasteiger partial charge >= 0.3 is 0 Å². The molecular formula is C15H34INO. The van der Waals surface area contributed by atoms with E-state index in [2.05, 4.69) is 20.9 Å². The number of hydrogen-bond acceptors (Lipinski definition) is 1. The van der Waals surface area contributed by atoms with Crippen LogP contribution in [0.25, 0.3) is 0 Å². The minimum absolute atomic E-state index is 0. The Morgan fingerprint density at radius 3 is 1.67 bits per heavy atom. The molecule has 18 heavy (non-hydrogen) atoms. The Kier molecular flexibility index (Phi) is 16.4. The van der Waals surface area contributed by atoms with Gasteiger partial charge in [0.2, 0.25) is 0 Å². The van der Waals surface area contributed by atoms with Crippen molar-refractivity contribution in [1.29, 1.82) is 0 Å². The molecular weight excluding hydrogens is 337 g/mol. The van der Waals surface area contributed by atoms with Gasteiger partial charge in [-0.2, -0.15) is 0 Å². The highest BCUT2D eigenvalue weighted by atomic mass is 127. The van der Waals surface area contributed by atoms with Crippen LogP contribution in [-0.2, 0) is 0 Å². The molecule has 0 saturated carbocycles. The van der Waals surface area contributed by atoms with Crippen molar-refractivity contribution in [2.45, 2.75) is 65.2 Å². The average Bonchev–Trinajstić information content (AvgIpc) is 2.29. The standard InChI is InChI=1S/C15H34NO.HI/c1-4-6-8-9-11-13-16(3,14-15-17)12-10-7-5-2;/h17H,4-15H2,1-3H3;1H/q+1;/p-1. The average molecular weight is 371 g/mol. The van der Waals surface area contributed by atoms with Gasteiger partial charge in [-0.15, -0.1) is 0 Å². The lowest BCUT2D eigenvalue weighted by molar-refractivity contribution is -0.910. The lowest BCUT2D eigenvalue weighted by atomic mass is 10.1. The van der Waals surface area contributed by atoms with Crippen molar-refractivity contribution in [3.63, 3.8) is 0 Å². The highest BCUT2D eigenvalue weighted by molar-refractivity contribution is 4.46. The molecule has 0 aromatic heterocycles. The number of aliphatic hydroxyl groups excluding tert-OH is 1. The molecule has 1 N–H and O–H groups in total. The van der Waals surface area contributed by atoms with Crippen LogP contribution in [0.2, 0.25) is 0 Å². The Bertz CT molecular complexity index is 167. The van der Waals surface area contributed by atoms with E-state index in [-0.39, 0.29) is 24.0 Å². The molecule has 0 spiro atoms. The summed E-state index contributed by atoms with van der Waals surface area (Å²) in [5.74, 6) is 0. The Labute approximate surface area is 132 Å². The zero-order valence-electron chi connectivity index (χ0n) is 12.8. The van der Waals surface area contributed by atoms with Crippen LogP contribution in [0.3, 0.4) is 0 Å². The molecule has 0 saturated heterocycles. The van der Waals surface area contributed by atoms with Crippen LogP contribution in [0.1, 0.15) is 65.2 Å². The monoisotopic (exact) mass is 371 g/mol. The van der Waals surface area contributed by atoms with Crippen LogP contribution in [0.5, 0.6) is 0 Å². The fraction of sp³-hybridized carbons (Fsp3) is 1.00. The number of unbranched alkanes of at least 4 members (excludes halogenated alkanes) is 6. The molecule has 3 heteroatoms. The summed E-state index contributed by atoms with van der Waals surface area (Å²) >= 11 is 0. The van der Waals surface area contributed by atoms with Gasteiger partial charge in [-0.3, -0.25) is 0 Å². The maximum absolute atomic E-state index is 9.18. The van der Waals surface area contributed by atoms with E-state index in [1.54, 1.807) is 0 Å². The van der Waals surface area contributed by atoms with Crippen molar-refractivity contribution >= 4 is 0 Å². The van der Waals surface area contributed by atoms with Crippen molar-refractivity contribution in [3.8, 4) is 0 Å². The molecule has 2 nitrogen and oxygen atoms in total. The van der Waals surface area contributed by atoms with Gasteiger partial charge in [-0.05, 0) is 25.7 Å². The normalized spacial score (nSPS) is 14.0. The fourth-order valence-electron chi connectivity index (χ4n) is 2.42. The second-order valence-corrected chi connectivity index (χ2v) is 5.64. The first kappa shape index (κ1) is 21.0. The van der Waals surface area contributed by atoms with Crippen molar-refractivity contribution in [2.75, 3.05) is 33.3 Å². The van der Waals surface area contributed by atoms with Crippen LogP contribution in [0.4, 0.5) is 0 Å². The lowest BCUT2D eigenvalue weighted by Gasteiger charge is -2.34. The third-order valence-corrected chi connectivity index (χ3v) is 3.74. The van der Waals surface area contributed by atoms with Crippen LogP contribution >= 0.6 is 0 Å². The zero-order valence-corrected chi connectivity index (χ0v) is 14.9. The first-order valence-corrected chi connectivity index (χ1v) is 7.63. The number of quaternary nitrogens is 1. The third-order valence-electron chi connectivity index (χ3n) is 3.74. The number of aliphatic hydroxyl groups is 1. The first-order chi connectivity index (χ1) is 8.18. The van der Waals surface area contributed by atoms with Gasteiger partial charge in [0.25, 0.3) is 0 Å². The topological polar surface area (TPSA) is 20.2 Å². The Hall–Kier alpha value is 0.650. The molecule has 0 aliphatic rings. The molecule has 0 bridgehead atoms. The second-order valence-electron chi connectivity index (χ2n) is 5.64. The van der Waals surface area contributed by atoms with E-state index in [0.29, 0.717) is 6.61 Å². The molecule has 0 rings (SSSR count). The van der Waals surface area contributed by atoms with Crippen LogP contribution in [-0.4, -0.2) is 42.9 Å². The zero-order chi connectivity index (χ0) is 13.0. The van der Waals surface area contributed by atoms with Crippen molar-refractivity contribution in [1.82, 2.24) is 0 Å². The summed E-state index contributed by atoms with van der Waals surface area (Å²) < 4.78 is 1.07. The van der Waals surface area contributed by atoms with E-state index in [0.717, 1.165) is 11.0 Å². The maximum atomic E-state index is 9.18. The Morgan fingerprint density at radius 1 is 0.722 bits per heavy atom. The summed E-state index contributed by atoms with van der Waals surface area (Å²) in [6.07, 6.45) is 10.7. The quantitative estimate of drug-likeness (QED) is 0.303. The fourth-order valence-corrected chi connectivity index (χ4v) is 2.42. The maximum Gasteiger partial charge on any atom is 0.102 e. The summed E-state index contributed by atoms with van der Waals surface area (Å²) in [5.41, 5.74) is 0. The molecule has 0 aliphatic heterocycles. The molecule has 1 unspecified atom stereocenters. The molecule has 0 fully saturated rings. The summed E-state index contributed by atoms with van der Waals surface area (Å²) in [5, 5.41) is 9.18. The van der Waals surface area contributed by atoms with Crippen molar-refractivity contribution in [3.05, 3.63) is 0 Å². The third kappa shape index (κ3) is 11.7. The van der Waals surface area contributed by atoms with Gasteiger partial charge in [0, 0.05) is 0 Å². The van der Waals surface area contributed by atoms with Gasteiger partial charge in [-0.1, -0.05) is 39.5 Å². The molecule has 1 atom stereocenters. The summed E-state index contributed by atoms with van der Waals surface area (Å²) in [4.78, 5) is 0. The molecule has 0 radical (unpaired) electrons. The molecule has 0 amide bonds. The van der Waals surface area contributed by atoms with E-state index in [1.165, 1.54) is 64.5 Å². The summed E-state index contributed by atoms with van der Waals surface area (Å²) in [6, 6.07) is 0. The molecule has 0 aliphatic carbocycles. The minimum Gasteiger partial charge on any atom is -1.00 e. The van der Waals surface area contributed by atoms with Gasteiger partial charge in [0.15, 0.2) is 0 Å². The summed E-state index contributed by atoms with van der Waals surface area (Å²) in [7, 11) is 2.31. The minimum atomic E-state index is 0. The molecule has 0 aromatic rings. The number of hydrogen-bond donors (Lipinski definition) is 1. The highest BCUT2D eigenvalue weighted by Gasteiger charge is 2.19. The predicted octanol–water partition coefficient (Wildman–Crippen LogP) is 0.590. The van der Waals surface area contributed by atoms with E-state index >= 15 is 0 Å². The van der Waals surface area contributed by atoms with E-state index in [4.69, 9.17) is 0 Å². The Balaban J connectivity index is 0. The van der Waals surface area contributed by atoms with Crippen LogP contribution in [0, 0.1) is 0 Å². The molecule has 0 aromatic carbocycles. The van der Waals surface area contributed by atoms with Gasteiger partial charge in [0.1, 0.15) is 6.54 Å². The largest absolute Gasteiger partial charge is 1.00 e. The number of nitrogens with zero attached hydrogens (tertiary/aromatic N) is 1. The highest BCUT2D eigenvalue weighted by Crippen LogP contribution is 2.11. The van der Waals surface area contributed by atoms with Crippen molar-refractivity contribution in [2.24, 2.45) is 0 Å². The number of halogens is 1. The van der Waals surface area contributed by atoms with E-state index < -0.39 is 0 Å². The van der Waals surface area contributed by atoms with Crippen molar-refractivity contribution < 1.29 is 33.6 Å².